The van der Waals surface area contributed by atoms with Crippen LogP contribution in [0, 0.1) is 0 Å². The Kier molecular flexibility index (Phi) is 4.39. The van der Waals surface area contributed by atoms with Crippen LogP contribution in [0.1, 0.15) is 31.7 Å². The van der Waals surface area contributed by atoms with E-state index in [1.165, 1.54) is 24.8 Å². The lowest BCUT2D eigenvalue weighted by Crippen LogP contribution is -2.59. The summed E-state index contributed by atoms with van der Waals surface area (Å²) in [6.07, 6.45) is 4.19. The summed E-state index contributed by atoms with van der Waals surface area (Å²) in [7, 11) is 0. The maximum absolute atomic E-state index is 5.95. The molecule has 3 heteroatoms. The number of rotatable bonds is 3. The van der Waals surface area contributed by atoms with E-state index in [4.69, 9.17) is 4.74 Å². The first kappa shape index (κ1) is 14.1. The number of ether oxygens (including phenoxy) is 1. The standard InChI is InChI=1S/C17H26N2O/c1-17(15-7-3-2-4-8-15)14-18-10-11-19(17)13-16-9-5-6-12-20-16/h2-4,7-8,16,18H,5-6,9-14H2,1H3. The second kappa shape index (κ2) is 6.25. The van der Waals surface area contributed by atoms with Gasteiger partial charge in [-0.05, 0) is 31.7 Å². The molecule has 2 atom stereocenters. The van der Waals surface area contributed by atoms with E-state index in [1.54, 1.807) is 0 Å². The number of nitrogens with one attached hydrogen (secondary N) is 1. The van der Waals surface area contributed by atoms with Gasteiger partial charge in [-0.1, -0.05) is 30.3 Å². The molecule has 2 saturated heterocycles. The summed E-state index contributed by atoms with van der Waals surface area (Å²) < 4.78 is 5.95. The van der Waals surface area contributed by atoms with Crippen molar-refractivity contribution in [3.8, 4) is 0 Å². The van der Waals surface area contributed by atoms with Crippen LogP contribution in [0.4, 0.5) is 0 Å². The predicted molar refractivity (Wildman–Crippen MR) is 81.8 cm³/mol. The Morgan fingerprint density at radius 3 is 2.90 bits per heavy atom. The third-order valence-corrected chi connectivity index (χ3v) is 4.82. The largest absolute Gasteiger partial charge is 0.377 e. The van der Waals surface area contributed by atoms with Crippen LogP contribution in [0.5, 0.6) is 0 Å². The van der Waals surface area contributed by atoms with E-state index >= 15 is 0 Å². The molecule has 0 radical (unpaired) electrons. The molecule has 2 aliphatic heterocycles. The van der Waals surface area contributed by atoms with Crippen LogP contribution in [0.15, 0.2) is 30.3 Å². The lowest BCUT2D eigenvalue weighted by atomic mass is 9.87. The zero-order valence-electron chi connectivity index (χ0n) is 12.5. The van der Waals surface area contributed by atoms with Crippen molar-refractivity contribution in [2.24, 2.45) is 0 Å². The molecule has 3 nitrogen and oxygen atoms in total. The van der Waals surface area contributed by atoms with Crippen molar-refractivity contribution in [2.75, 3.05) is 32.8 Å². The Balaban J connectivity index is 1.76. The van der Waals surface area contributed by atoms with Gasteiger partial charge in [0.25, 0.3) is 0 Å². The lowest BCUT2D eigenvalue weighted by molar-refractivity contribution is -0.0369. The first-order valence-electron chi connectivity index (χ1n) is 7.92. The topological polar surface area (TPSA) is 24.5 Å². The van der Waals surface area contributed by atoms with Gasteiger partial charge >= 0.3 is 0 Å². The maximum atomic E-state index is 5.95. The summed E-state index contributed by atoms with van der Waals surface area (Å²) in [6, 6.07) is 10.9. The van der Waals surface area contributed by atoms with Gasteiger partial charge in [-0.25, -0.2) is 0 Å². The van der Waals surface area contributed by atoms with Gasteiger partial charge in [-0.3, -0.25) is 4.90 Å². The molecular weight excluding hydrogens is 248 g/mol. The molecule has 0 spiro atoms. The molecule has 2 heterocycles. The fraction of sp³-hybridized carbons (Fsp3) is 0.647. The second-order valence-corrected chi connectivity index (χ2v) is 6.25. The lowest BCUT2D eigenvalue weighted by Gasteiger charge is -2.47. The van der Waals surface area contributed by atoms with E-state index in [0.717, 1.165) is 32.8 Å². The minimum Gasteiger partial charge on any atom is -0.377 e. The van der Waals surface area contributed by atoms with Crippen LogP contribution < -0.4 is 5.32 Å². The van der Waals surface area contributed by atoms with Crippen LogP contribution in [0.3, 0.4) is 0 Å². The molecule has 1 aromatic rings. The zero-order chi connectivity index (χ0) is 13.8. The fourth-order valence-corrected chi connectivity index (χ4v) is 3.48. The smallest absolute Gasteiger partial charge is 0.0702 e. The average molecular weight is 274 g/mol. The summed E-state index contributed by atoms with van der Waals surface area (Å²) in [5, 5.41) is 3.56. The molecule has 2 fully saturated rings. The van der Waals surface area contributed by atoms with E-state index in [1.807, 2.05) is 0 Å². The van der Waals surface area contributed by atoms with Crippen molar-refractivity contribution >= 4 is 0 Å². The monoisotopic (exact) mass is 274 g/mol. The van der Waals surface area contributed by atoms with E-state index in [0.29, 0.717) is 6.10 Å². The van der Waals surface area contributed by atoms with E-state index in [9.17, 15) is 0 Å². The third-order valence-electron chi connectivity index (χ3n) is 4.82. The van der Waals surface area contributed by atoms with Gasteiger partial charge in [0, 0.05) is 32.8 Å². The van der Waals surface area contributed by atoms with Gasteiger partial charge < -0.3 is 10.1 Å². The van der Waals surface area contributed by atoms with Crippen LogP contribution in [-0.2, 0) is 10.3 Å². The van der Waals surface area contributed by atoms with Crippen molar-refractivity contribution < 1.29 is 4.74 Å². The van der Waals surface area contributed by atoms with Crippen molar-refractivity contribution in [1.82, 2.24) is 10.2 Å². The normalized spacial score (nSPS) is 32.1. The SMILES string of the molecule is CC1(c2ccccc2)CNCCN1CC1CCCCO1. The summed E-state index contributed by atoms with van der Waals surface area (Å²) in [6.45, 7) is 7.56. The quantitative estimate of drug-likeness (QED) is 0.916. The molecule has 0 aromatic heterocycles. The molecule has 1 aromatic carbocycles. The summed E-state index contributed by atoms with van der Waals surface area (Å²) in [5.41, 5.74) is 1.49. The van der Waals surface area contributed by atoms with Gasteiger partial charge in [0.2, 0.25) is 0 Å². The molecule has 110 valence electrons. The minimum absolute atomic E-state index is 0.0836. The summed E-state index contributed by atoms with van der Waals surface area (Å²) >= 11 is 0. The molecule has 1 N–H and O–H groups in total. The van der Waals surface area contributed by atoms with Gasteiger partial charge in [0.15, 0.2) is 0 Å². The van der Waals surface area contributed by atoms with Crippen LogP contribution in [0.25, 0.3) is 0 Å². The average Bonchev–Trinajstić information content (AvgIpc) is 2.52. The number of nitrogens with zero attached hydrogens (tertiary/aromatic N) is 1. The highest BCUT2D eigenvalue weighted by molar-refractivity contribution is 5.25. The first-order chi connectivity index (χ1) is 9.79. The van der Waals surface area contributed by atoms with Gasteiger partial charge in [0.05, 0.1) is 11.6 Å². The summed E-state index contributed by atoms with van der Waals surface area (Å²) in [4.78, 5) is 2.62. The Bertz CT molecular complexity index is 416. The van der Waals surface area contributed by atoms with Crippen molar-refractivity contribution in [2.45, 2.75) is 37.8 Å². The molecule has 2 unspecified atom stereocenters. The molecule has 2 aliphatic rings. The highest BCUT2D eigenvalue weighted by atomic mass is 16.5. The molecular formula is C17H26N2O. The van der Waals surface area contributed by atoms with Gasteiger partial charge in [-0.2, -0.15) is 0 Å². The summed E-state index contributed by atoms with van der Waals surface area (Å²) in [5.74, 6) is 0. The Morgan fingerprint density at radius 2 is 2.15 bits per heavy atom. The highest BCUT2D eigenvalue weighted by Crippen LogP contribution is 2.30. The molecule has 3 rings (SSSR count). The number of piperazine rings is 1. The highest BCUT2D eigenvalue weighted by Gasteiger charge is 2.37. The fourth-order valence-electron chi connectivity index (χ4n) is 3.48. The predicted octanol–water partition coefficient (Wildman–Crippen LogP) is 2.38. The Labute approximate surface area is 122 Å². The number of hydrogen-bond acceptors (Lipinski definition) is 3. The van der Waals surface area contributed by atoms with E-state index < -0.39 is 0 Å². The minimum atomic E-state index is 0.0836. The first-order valence-corrected chi connectivity index (χ1v) is 7.92. The molecule has 20 heavy (non-hydrogen) atoms. The van der Waals surface area contributed by atoms with Crippen molar-refractivity contribution in [1.29, 1.82) is 0 Å². The van der Waals surface area contributed by atoms with E-state index in [2.05, 4.69) is 47.5 Å². The molecule has 0 bridgehead atoms. The van der Waals surface area contributed by atoms with Crippen LogP contribution in [0.2, 0.25) is 0 Å². The van der Waals surface area contributed by atoms with Crippen molar-refractivity contribution in [3.05, 3.63) is 35.9 Å². The van der Waals surface area contributed by atoms with Crippen molar-refractivity contribution in [3.63, 3.8) is 0 Å². The zero-order valence-corrected chi connectivity index (χ0v) is 12.5. The number of hydrogen-bond donors (Lipinski definition) is 1. The van der Waals surface area contributed by atoms with Gasteiger partial charge in [-0.15, -0.1) is 0 Å². The number of benzene rings is 1. The Morgan fingerprint density at radius 1 is 1.30 bits per heavy atom. The third kappa shape index (κ3) is 2.90. The Hall–Kier alpha value is -0.900. The molecule has 0 saturated carbocycles. The second-order valence-electron chi connectivity index (χ2n) is 6.25. The molecule has 0 amide bonds. The van der Waals surface area contributed by atoms with Crippen LogP contribution >= 0.6 is 0 Å². The maximum Gasteiger partial charge on any atom is 0.0702 e. The molecule has 0 aliphatic carbocycles. The van der Waals surface area contributed by atoms with Crippen LogP contribution in [-0.4, -0.2) is 43.8 Å². The van der Waals surface area contributed by atoms with Gasteiger partial charge in [0.1, 0.15) is 0 Å². The van der Waals surface area contributed by atoms with E-state index in [-0.39, 0.29) is 5.54 Å².